The lowest BCUT2D eigenvalue weighted by Crippen LogP contribution is -2.25. The Morgan fingerprint density at radius 2 is 2.00 bits per heavy atom. The number of hydrogen-bond acceptors (Lipinski definition) is 4. The van der Waals surface area contributed by atoms with Crippen LogP contribution in [-0.4, -0.2) is 24.2 Å². The monoisotopic (exact) mass is 222 g/mol. The molecule has 0 bridgehead atoms. The predicted octanol–water partition coefficient (Wildman–Crippen LogP) is 2.39. The summed E-state index contributed by atoms with van der Waals surface area (Å²) in [4.78, 5) is 22.6. The number of hydrogen-bond donors (Lipinski definition) is 1. The minimum absolute atomic E-state index is 0.0987. The van der Waals surface area contributed by atoms with Crippen molar-refractivity contribution in [3.8, 4) is 0 Å². The van der Waals surface area contributed by atoms with Crippen LogP contribution >= 0.6 is 0 Å². The van der Waals surface area contributed by atoms with Crippen LogP contribution in [-0.2, 0) is 4.79 Å². The maximum absolute atomic E-state index is 10.5. The third-order valence-corrected chi connectivity index (χ3v) is 2.30. The highest BCUT2D eigenvalue weighted by Crippen LogP contribution is 2.19. The predicted molar refractivity (Wildman–Crippen MR) is 62.0 cm³/mol. The lowest BCUT2D eigenvalue weighted by atomic mass is 10.2. The zero-order valence-corrected chi connectivity index (χ0v) is 9.09. The molecule has 0 aromatic heterocycles. The van der Waals surface area contributed by atoms with E-state index >= 15 is 0 Å². The molecule has 5 nitrogen and oxygen atoms in total. The minimum Gasteiger partial charge on any atom is -0.481 e. The van der Waals surface area contributed by atoms with E-state index in [9.17, 15) is 9.70 Å². The molecular formula is C11H14N2O3. The third kappa shape index (κ3) is 3.34. The smallest absolute Gasteiger partial charge is 0.305 e. The number of nitroso groups, excluding NO2 is 1. The largest absolute Gasteiger partial charge is 0.481 e. The molecule has 0 aliphatic carbocycles. The molecular weight excluding hydrogens is 208 g/mol. The van der Waals surface area contributed by atoms with E-state index in [2.05, 4.69) is 5.18 Å². The van der Waals surface area contributed by atoms with Crippen LogP contribution in [0.4, 0.5) is 11.4 Å². The van der Waals surface area contributed by atoms with Crippen LogP contribution in [0.15, 0.2) is 29.4 Å². The number of carbonyl (C=O) groups is 1. The van der Waals surface area contributed by atoms with Crippen molar-refractivity contribution < 1.29 is 9.90 Å². The Hall–Kier alpha value is -1.91. The van der Waals surface area contributed by atoms with Crippen LogP contribution in [0.3, 0.4) is 0 Å². The van der Waals surface area contributed by atoms with Crippen molar-refractivity contribution >= 4 is 17.3 Å². The van der Waals surface area contributed by atoms with Crippen molar-refractivity contribution in [2.75, 3.05) is 18.0 Å². The van der Waals surface area contributed by atoms with Gasteiger partial charge in [-0.15, -0.1) is 4.91 Å². The Morgan fingerprint density at radius 1 is 1.38 bits per heavy atom. The molecule has 1 rings (SSSR count). The van der Waals surface area contributed by atoms with Gasteiger partial charge in [0.2, 0.25) is 0 Å². The molecule has 0 fully saturated rings. The van der Waals surface area contributed by atoms with Gasteiger partial charge in [0.1, 0.15) is 5.69 Å². The molecule has 0 aliphatic rings. The maximum atomic E-state index is 10.5. The molecule has 1 aromatic rings. The highest BCUT2D eigenvalue weighted by Gasteiger charge is 2.06. The lowest BCUT2D eigenvalue weighted by Gasteiger charge is -2.22. The average Bonchev–Trinajstić information content (AvgIpc) is 2.30. The van der Waals surface area contributed by atoms with Gasteiger partial charge >= 0.3 is 5.97 Å². The minimum atomic E-state index is -0.815. The van der Waals surface area contributed by atoms with E-state index in [0.29, 0.717) is 12.2 Å². The van der Waals surface area contributed by atoms with Gasteiger partial charge in [-0.2, -0.15) is 0 Å². The van der Waals surface area contributed by atoms with Crippen LogP contribution in [0, 0.1) is 4.91 Å². The van der Waals surface area contributed by atoms with Gasteiger partial charge in [0.15, 0.2) is 0 Å². The van der Waals surface area contributed by atoms with Crippen molar-refractivity contribution in [3.05, 3.63) is 29.2 Å². The summed E-state index contributed by atoms with van der Waals surface area (Å²) in [5, 5.41) is 11.4. The normalized spacial score (nSPS) is 9.81. The Bertz CT molecular complexity index is 362. The Balaban J connectivity index is 2.70. The van der Waals surface area contributed by atoms with Gasteiger partial charge in [-0.3, -0.25) is 4.79 Å². The fourth-order valence-electron chi connectivity index (χ4n) is 1.42. The lowest BCUT2D eigenvalue weighted by molar-refractivity contribution is -0.136. The molecule has 1 aromatic carbocycles. The first kappa shape index (κ1) is 12.2. The van der Waals surface area contributed by atoms with Crippen LogP contribution < -0.4 is 4.90 Å². The number of aliphatic carboxylic acids is 1. The molecule has 1 N–H and O–H groups in total. The van der Waals surface area contributed by atoms with Crippen LogP contribution in [0.1, 0.15) is 13.3 Å². The number of nitrogens with zero attached hydrogens (tertiary/aromatic N) is 2. The van der Waals surface area contributed by atoms with Gasteiger partial charge < -0.3 is 10.0 Å². The molecule has 0 radical (unpaired) electrons. The molecule has 0 aliphatic heterocycles. The van der Waals surface area contributed by atoms with E-state index in [0.717, 1.165) is 12.2 Å². The highest BCUT2D eigenvalue weighted by atomic mass is 16.4. The molecule has 5 heteroatoms. The second kappa shape index (κ2) is 5.85. The quantitative estimate of drug-likeness (QED) is 0.750. The molecule has 0 saturated carbocycles. The van der Waals surface area contributed by atoms with Crippen molar-refractivity contribution in [1.29, 1.82) is 0 Å². The van der Waals surface area contributed by atoms with E-state index in [-0.39, 0.29) is 6.42 Å². The zero-order chi connectivity index (χ0) is 12.0. The number of anilines is 1. The molecule has 0 heterocycles. The number of benzene rings is 1. The Kier molecular flexibility index (Phi) is 4.44. The van der Waals surface area contributed by atoms with E-state index in [1.165, 1.54) is 0 Å². The molecule has 16 heavy (non-hydrogen) atoms. The van der Waals surface area contributed by atoms with Gasteiger partial charge in [-0.25, -0.2) is 0 Å². The summed E-state index contributed by atoms with van der Waals surface area (Å²) in [6.07, 6.45) is 0.0987. The summed E-state index contributed by atoms with van der Waals surface area (Å²) in [6.45, 7) is 3.13. The van der Waals surface area contributed by atoms with Crippen molar-refractivity contribution in [1.82, 2.24) is 0 Å². The van der Waals surface area contributed by atoms with Crippen LogP contribution in [0.5, 0.6) is 0 Å². The second-order valence-electron chi connectivity index (χ2n) is 3.33. The molecule has 86 valence electrons. The molecule has 0 spiro atoms. The summed E-state index contributed by atoms with van der Waals surface area (Å²) in [5.74, 6) is -0.815. The second-order valence-corrected chi connectivity index (χ2v) is 3.33. The van der Waals surface area contributed by atoms with Gasteiger partial charge in [0.25, 0.3) is 0 Å². The SMILES string of the molecule is CCN(CCC(=O)O)c1ccc(N=O)cc1. The number of carboxylic acid groups (broad SMARTS) is 1. The summed E-state index contributed by atoms with van der Waals surface area (Å²) >= 11 is 0. The first-order chi connectivity index (χ1) is 7.67. The number of rotatable bonds is 6. The number of carboxylic acids is 1. The van der Waals surface area contributed by atoms with E-state index < -0.39 is 5.97 Å². The Labute approximate surface area is 93.7 Å². The fourth-order valence-corrected chi connectivity index (χ4v) is 1.42. The maximum Gasteiger partial charge on any atom is 0.305 e. The van der Waals surface area contributed by atoms with Crippen molar-refractivity contribution in [2.24, 2.45) is 5.18 Å². The summed E-state index contributed by atoms with van der Waals surface area (Å²) in [5.41, 5.74) is 1.27. The zero-order valence-electron chi connectivity index (χ0n) is 9.09. The van der Waals surface area contributed by atoms with Gasteiger partial charge in [0.05, 0.1) is 6.42 Å². The molecule has 0 atom stereocenters. The standard InChI is InChI=1S/C11H14N2O3/c1-2-13(8-7-11(14)15)10-5-3-9(12-16)4-6-10/h3-6H,2,7-8H2,1H3,(H,14,15). The van der Waals surface area contributed by atoms with Crippen LogP contribution in [0.25, 0.3) is 0 Å². The van der Waals surface area contributed by atoms with E-state index in [4.69, 9.17) is 5.11 Å². The van der Waals surface area contributed by atoms with Crippen molar-refractivity contribution in [2.45, 2.75) is 13.3 Å². The van der Waals surface area contributed by atoms with Gasteiger partial charge in [-0.1, -0.05) is 0 Å². The first-order valence-electron chi connectivity index (χ1n) is 5.07. The van der Waals surface area contributed by atoms with Gasteiger partial charge in [-0.05, 0) is 36.4 Å². The van der Waals surface area contributed by atoms with E-state index in [1.54, 1.807) is 24.3 Å². The first-order valence-corrected chi connectivity index (χ1v) is 5.07. The topological polar surface area (TPSA) is 70.0 Å². The average molecular weight is 222 g/mol. The van der Waals surface area contributed by atoms with Crippen LogP contribution in [0.2, 0.25) is 0 Å². The highest BCUT2D eigenvalue weighted by molar-refractivity contribution is 5.67. The third-order valence-electron chi connectivity index (χ3n) is 2.30. The fraction of sp³-hybridized carbons (Fsp3) is 0.364. The Morgan fingerprint density at radius 3 is 2.44 bits per heavy atom. The van der Waals surface area contributed by atoms with Crippen molar-refractivity contribution in [3.63, 3.8) is 0 Å². The summed E-state index contributed by atoms with van der Waals surface area (Å²) < 4.78 is 0. The summed E-state index contributed by atoms with van der Waals surface area (Å²) in [6, 6.07) is 6.77. The molecule has 0 saturated heterocycles. The van der Waals surface area contributed by atoms with E-state index in [1.807, 2.05) is 11.8 Å². The molecule has 0 amide bonds. The summed E-state index contributed by atoms with van der Waals surface area (Å²) in [7, 11) is 0. The molecule has 0 unspecified atom stereocenters. The van der Waals surface area contributed by atoms with Gasteiger partial charge in [0, 0.05) is 18.8 Å².